The maximum Gasteiger partial charge on any atom is 0.344 e. The standard InChI is InChI=1S/C23H19BrN2O4/c1-16-9-11-18(12-10-16)29-15-22(27)26-25-14-17-5-4-6-19(13-17)30-23(28)20-7-2-3-8-21(20)24/h2-14H,15H2,1H3,(H,26,27). The van der Waals surface area contributed by atoms with Crippen molar-refractivity contribution in [2.24, 2.45) is 5.10 Å². The molecule has 0 saturated heterocycles. The van der Waals surface area contributed by atoms with Crippen molar-refractivity contribution in [3.63, 3.8) is 0 Å². The molecular formula is C23H19BrN2O4. The van der Waals surface area contributed by atoms with Crippen LogP contribution in [0.5, 0.6) is 11.5 Å². The fourth-order valence-electron chi connectivity index (χ4n) is 2.44. The van der Waals surface area contributed by atoms with Gasteiger partial charge in [0.1, 0.15) is 11.5 Å². The van der Waals surface area contributed by atoms with Gasteiger partial charge in [0, 0.05) is 4.47 Å². The van der Waals surface area contributed by atoms with Crippen molar-refractivity contribution < 1.29 is 19.1 Å². The van der Waals surface area contributed by atoms with Gasteiger partial charge in [-0.25, -0.2) is 10.2 Å². The molecule has 6 nitrogen and oxygen atoms in total. The number of nitrogens with zero attached hydrogens (tertiary/aromatic N) is 1. The normalized spacial score (nSPS) is 10.6. The van der Waals surface area contributed by atoms with Gasteiger partial charge >= 0.3 is 5.97 Å². The average molecular weight is 467 g/mol. The van der Waals surface area contributed by atoms with Crippen LogP contribution in [-0.2, 0) is 4.79 Å². The first-order valence-corrected chi connectivity index (χ1v) is 9.89. The molecule has 1 amide bonds. The highest BCUT2D eigenvalue weighted by Crippen LogP contribution is 2.19. The molecule has 0 aliphatic heterocycles. The van der Waals surface area contributed by atoms with Crippen molar-refractivity contribution in [2.45, 2.75) is 6.92 Å². The zero-order valence-electron chi connectivity index (χ0n) is 16.2. The first-order valence-electron chi connectivity index (χ1n) is 9.09. The van der Waals surface area contributed by atoms with Crippen LogP contribution < -0.4 is 14.9 Å². The van der Waals surface area contributed by atoms with Crippen LogP contribution in [0.1, 0.15) is 21.5 Å². The van der Waals surface area contributed by atoms with Crippen LogP contribution in [0.15, 0.2) is 82.4 Å². The second-order valence-corrected chi connectivity index (χ2v) is 7.19. The van der Waals surface area contributed by atoms with Gasteiger partial charge in [0.15, 0.2) is 6.61 Å². The van der Waals surface area contributed by atoms with Crippen LogP contribution in [0.25, 0.3) is 0 Å². The number of hydrogen-bond donors (Lipinski definition) is 1. The summed E-state index contributed by atoms with van der Waals surface area (Å²) in [4.78, 5) is 24.2. The van der Waals surface area contributed by atoms with E-state index in [1.807, 2.05) is 25.1 Å². The number of hydrogen-bond acceptors (Lipinski definition) is 5. The van der Waals surface area contributed by atoms with Crippen LogP contribution >= 0.6 is 15.9 Å². The molecule has 152 valence electrons. The lowest BCUT2D eigenvalue weighted by atomic mass is 10.2. The Labute approximate surface area is 182 Å². The lowest BCUT2D eigenvalue weighted by molar-refractivity contribution is -0.123. The largest absolute Gasteiger partial charge is 0.484 e. The predicted molar refractivity (Wildman–Crippen MR) is 118 cm³/mol. The Morgan fingerprint density at radius 1 is 1.00 bits per heavy atom. The first kappa shape index (κ1) is 21.3. The number of carbonyl (C=O) groups is 2. The smallest absolute Gasteiger partial charge is 0.344 e. The molecule has 7 heteroatoms. The van der Waals surface area contributed by atoms with Crippen LogP contribution in [0.2, 0.25) is 0 Å². The minimum absolute atomic E-state index is 0.149. The van der Waals surface area contributed by atoms with E-state index < -0.39 is 5.97 Å². The molecule has 0 spiro atoms. The van der Waals surface area contributed by atoms with Gasteiger partial charge in [0.05, 0.1) is 11.8 Å². The van der Waals surface area contributed by atoms with E-state index in [1.165, 1.54) is 6.21 Å². The minimum atomic E-state index is -0.474. The van der Waals surface area contributed by atoms with E-state index in [4.69, 9.17) is 9.47 Å². The van der Waals surface area contributed by atoms with Crippen molar-refractivity contribution >= 4 is 34.0 Å². The number of nitrogens with one attached hydrogen (secondary N) is 1. The molecule has 0 aliphatic carbocycles. The van der Waals surface area contributed by atoms with Crippen molar-refractivity contribution in [1.29, 1.82) is 0 Å². The molecule has 3 rings (SSSR count). The summed E-state index contributed by atoms with van der Waals surface area (Å²) in [6.45, 7) is 1.83. The number of esters is 1. The molecule has 0 heterocycles. The van der Waals surface area contributed by atoms with Gasteiger partial charge in [0.2, 0.25) is 0 Å². The Balaban J connectivity index is 1.52. The third-order valence-electron chi connectivity index (χ3n) is 3.96. The quantitative estimate of drug-likeness (QED) is 0.240. The number of aryl methyl sites for hydroxylation is 1. The third-order valence-corrected chi connectivity index (χ3v) is 4.65. The molecule has 0 aliphatic rings. The zero-order chi connectivity index (χ0) is 21.3. The molecule has 0 saturated carbocycles. The predicted octanol–water partition coefficient (Wildman–Crippen LogP) is 4.51. The van der Waals surface area contributed by atoms with E-state index in [2.05, 4.69) is 26.5 Å². The number of halogens is 1. The van der Waals surface area contributed by atoms with E-state index >= 15 is 0 Å². The highest BCUT2D eigenvalue weighted by molar-refractivity contribution is 9.10. The second kappa shape index (κ2) is 10.4. The molecule has 3 aromatic rings. The molecule has 0 unspecified atom stereocenters. The van der Waals surface area contributed by atoms with Gasteiger partial charge < -0.3 is 9.47 Å². The molecular weight excluding hydrogens is 448 g/mol. The van der Waals surface area contributed by atoms with Gasteiger partial charge in [0.25, 0.3) is 5.91 Å². The zero-order valence-corrected chi connectivity index (χ0v) is 17.8. The molecule has 0 bridgehead atoms. The van der Waals surface area contributed by atoms with E-state index in [0.29, 0.717) is 27.1 Å². The van der Waals surface area contributed by atoms with Crippen LogP contribution in [0, 0.1) is 6.92 Å². The van der Waals surface area contributed by atoms with Gasteiger partial charge in [-0.3, -0.25) is 4.79 Å². The number of carbonyl (C=O) groups excluding carboxylic acids is 2. The molecule has 0 atom stereocenters. The summed E-state index contributed by atoms with van der Waals surface area (Å²) in [5.41, 5.74) is 4.60. The van der Waals surface area contributed by atoms with Crippen molar-refractivity contribution in [3.05, 3.63) is 94.0 Å². The summed E-state index contributed by atoms with van der Waals surface area (Å²) >= 11 is 3.33. The first-order chi connectivity index (χ1) is 14.5. The highest BCUT2D eigenvalue weighted by Gasteiger charge is 2.11. The molecule has 0 radical (unpaired) electrons. The lowest BCUT2D eigenvalue weighted by Gasteiger charge is -2.06. The van der Waals surface area contributed by atoms with Gasteiger partial charge in [-0.15, -0.1) is 0 Å². The minimum Gasteiger partial charge on any atom is -0.484 e. The average Bonchev–Trinajstić information content (AvgIpc) is 2.74. The Kier molecular flexibility index (Phi) is 7.34. The molecule has 0 fully saturated rings. The summed E-state index contributed by atoms with van der Waals surface area (Å²) in [6, 6.07) is 21.2. The Bertz CT molecular complexity index is 1060. The van der Waals surface area contributed by atoms with E-state index in [0.717, 1.165) is 5.56 Å². The van der Waals surface area contributed by atoms with Gasteiger partial charge in [-0.2, -0.15) is 5.10 Å². The van der Waals surface area contributed by atoms with E-state index in [-0.39, 0.29) is 12.5 Å². The van der Waals surface area contributed by atoms with Gasteiger partial charge in [-0.1, -0.05) is 42.0 Å². The molecule has 30 heavy (non-hydrogen) atoms. The number of ether oxygens (including phenoxy) is 2. The summed E-state index contributed by atoms with van der Waals surface area (Å²) in [7, 11) is 0. The van der Waals surface area contributed by atoms with Crippen LogP contribution in [-0.4, -0.2) is 24.7 Å². The van der Waals surface area contributed by atoms with Crippen molar-refractivity contribution in [3.8, 4) is 11.5 Å². The van der Waals surface area contributed by atoms with Crippen LogP contribution in [0.3, 0.4) is 0 Å². The Morgan fingerprint density at radius 3 is 2.53 bits per heavy atom. The fraction of sp³-hybridized carbons (Fsp3) is 0.0870. The number of hydrazone groups is 1. The van der Waals surface area contributed by atoms with Crippen molar-refractivity contribution in [2.75, 3.05) is 6.61 Å². The second-order valence-electron chi connectivity index (χ2n) is 6.34. The molecule has 0 aromatic heterocycles. The summed E-state index contributed by atoms with van der Waals surface area (Å²) in [6.07, 6.45) is 1.46. The lowest BCUT2D eigenvalue weighted by Crippen LogP contribution is -2.24. The topological polar surface area (TPSA) is 77.0 Å². The summed E-state index contributed by atoms with van der Waals surface area (Å²) < 4.78 is 11.5. The SMILES string of the molecule is Cc1ccc(OCC(=O)NN=Cc2cccc(OC(=O)c3ccccc3Br)c2)cc1. The number of benzene rings is 3. The maximum atomic E-state index is 12.3. The van der Waals surface area contributed by atoms with Crippen molar-refractivity contribution in [1.82, 2.24) is 5.43 Å². The Morgan fingerprint density at radius 2 is 1.77 bits per heavy atom. The maximum absolute atomic E-state index is 12.3. The number of rotatable bonds is 7. The highest BCUT2D eigenvalue weighted by atomic mass is 79.9. The van der Waals surface area contributed by atoms with Gasteiger partial charge in [-0.05, 0) is 64.8 Å². The molecule has 1 N–H and O–H groups in total. The van der Waals surface area contributed by atoms with Crippen LogP contribution in [0.4, 0.5) is 0 Å². The fourth-order valence-corrected chi connectivity index (χ4v) is 2.89. The Hall–Kier alpha value is -3.45. The third kappa shape index (κ3) is 6.28. The van der Waals surface area contributed by atoms with E-state index in [1.54, 1.807) is 54.6 Å². The number of amides is 1. The monoisotopic (exact) mass is 466 g/mol. The van der Waals surface area contributed by atoms with E-state index in [9.17, 15) is 9.59 Å². The molecule has 3 aromatic carbocycles. The summed E-state index contributed by atoms with van der Waals surface area (Å²) in [5, 5.41) is 3.91. The summed E-state index contributed by atoms with van der Waals surface area (Å²) in [5.74, 6) is 0.120.